The fourth-order valence-electron chi connectivity index (χ4n) is 1.74. The average molecular weight is 348 g/mol. The lowest BCUT2D eigenvalue weighted by Crippen LogP contribution is -2.27. The summed E-state index contributed by atoms with van der Waals surface area (Å²) < 4.78 is 54.6. The number of benzene rings is 1. The zero-order valence-corrected chi connectivity index (χ0v) is 13.3. The third-order valence-corrected chi connectivity index (χ3v) is 5.31. The number of nitrogens with zero attached hydrogens (tertiary/aromatic N) is 2. The van der Waals surface area contributed by atoms with Gasteiger partial charge in [-0.1, -0.05) is 29.1 Å². The van der Waals surface area contributed by atoms with Gasteiger partial charge in [0.2, 0.25) is 10.0 Å². The summed E-state index contributed by atoms with van der Waals surface area (Å²) in [5.74, 6) is -2.73. The summed E-state index contributed by atoms with van der Waals surface area (Å²) in [5.41, 5.74) is 1.04. The van der Waals surface area contributed by atoms with Gasteiger partial charge in [-0.2, -0.15) is 8.78 Å². The van der Waals surface area contributed by atoms with E-state index >= 15 is 0 Å². The maximum absolute atomic E-state index is 12.2. The van der Waals surface area contributed by atoms with Crippen LogP contribution in [0, 0.1) is 0 Å². The molecular formula is C13H14F2N2O3S2. The minimum atomic E-state index is -3.52. The van der Waals surface area contributed by atoms with Gasteiger partial charge in [-0.3, -0.25) is 0 Å². The van der Waals surface area contributed by atoms with Crippen molar-refractivity contribution >= 4 is 21.8 Å². The molecule has 0 aliphatic heterocycles. The van der Waals surface area contributed by atoms with Gasteiger partial charge < -0.3 is 4.52 Å². The first-order chi connectivity index (χ1) is 10.4. The molecule has 0 bridgehead atoms. The minimum absolute atomic E-state index is 0.153. The Balaban J connectivity index is 2.00. The Morgan fingerprint density at radius 3 is 2.50 bits per heavy atom. The molecule has 0 saturated heterocycles. The molecule has 120 valence electrons. The molecule has 0 radical (unpaired) electrons. The molecule has 0 aliphatic rings. The van der Waals surface area contributed by atoms with Crippen molar-refractivity contribution in [3.05, 3.63) is 47.9 Å². The van der Waals surface area contributed by atoms with Crippen LogP contribution in [0.2, 0.25) is 0 Å². The number of thioether (sulfide) groups is 1. The standard InChI is InChI=1S/C13H14F2N2O3S2/c1-17(22(18,19)9-11-6-7-20-16-11)8-10-2-4-12(5-3-10)21-13(14)15/h2-7,13H,8-9H2,1H3. The zero-order chi connectivity index (χ0) is 16.2. The van der Waals surface area contributed by atoms with Crippen LogP contribution >= 0.6 is 11.8 Å². The van der Waals surface area contributed by atoms with E-state index in [0.717, 1.165) is 0 Å². The lowest BCUT2D eigenvalue weighted by molar-refractivity contribution is 0.252. The number of halogens is 2. The van der Waals surface area contributed by atoms with Crippen LogP contribution in [-0.4, -0.2) is 30.7 Å². The molecule has 0 N–H and O–H groups in total. The first kappa shape index (κ1) is 16.9. The molecule has 0 amide bonds. The van der Waals surface area contributed by atoms with E-state index in [9.17, 15) is 17.2 Å². The number of alkyl halides is 2. The summed E-state index contributed by atoms with van der Waals surface area (Å²) >= 11 is 0.450. The Bertz CT molecular complexity index is 689. The maximum Gasteiger partial charge on any atom is 0.288 e. The summed E-state index contributed by atoms with van der Waals surface area (Å²) in [4.78, 5) is 0.437. The zero-order valence-electron chi connectivity index (χ0n) is 11.6. The molecule has 22 heavy (non-hydrogen) atoms. The van der Waals surface area contributed by atoms with Gasteiger partial charge in [-0.05, 0) is 17.7 Å². The highest BCUT2D eigenvalue weighted by atomic mass is 32.2. The molecule has 0 fully saturated rings. The second-order valence-electron chi connectivity index (χ2n) is 4.53. The molecule has 0 saturated carbocycles. The molecule has 0 spiro atoms. The molecule has 0 aliphatic carbocycles. The molecule has 0 unspecified atom stereocenters. The number of sulfonamides is 1. The van der Waals surface area contributed by atoms with Crippen molar-refractivity contribution < 1.29 is 21.7 Å². The summed E-state index contributed by atoms with van der Waals surface area (Å²) in [5, 5.41) is 3.58. The van der Waals surface area contributed by atoms with Crippen LogP contribution in [0.1, 0.15) is 11.3 Å². The summed E-state index contributed by atoms with van der Waals surface area (Å²) in [6.45, 7) is 0.153. The Labute approximate surface area is 131 Å². The molecule has 5 nitrogen and oxygen atoms in total. The van der Waals surface area contributed by atoms with Crippen molar-refractivity contribution in [1.82, 2.24) is 9.46 Å². The van der Waals surface area contributed by atoms with Crippen LogP contribution in [-0.2, 0) is 22.3 Å². The molecule has 1 aromatic heterocycles. The van der Waals surface area contributed by atoms with Gasteiger partial charge >= 0.3 is 0 Å². The van der Waals surface area contributed by atoms with Crippen LogP contribution in [0.5, 0.6) is 0 Å². The van der Waals surface area contributed by atoms with Crippen molar-refractivity contribution in [2.75, 3.05) is 7.05 Å². The van der Waals surface area contributed by atoms with E-state index in [0.29, 0.717) is 27.9 Å². The van der Waals surface area contributed by atoms with Crippen LogP contribution in [0.25, 0.3) is 0 Å². The first-order valence-corrected chi connectivity index (χ1v) is 8.73. The summed E-state index contributed by atoms with van der Waals surface area (Å²) in [7, 11) is -2.07. The van der Waals surface area contributed by atoms with Gasteiger partial charge in [0.05, 0.1) is 5.69 Å². The monoisotopic (exact) mass is 348 g/mol. The minimum Gasteiger partial charge on any atom is -0.364 e. The number of hydrogen-bond donors (Lipinski definition) is 0. The highest BCUT2D eigenvalue weighted by Crippen LogP contribution is 2.25. The van der Waals surface area contributed by atoms with Gasteiger partial charge in [0.1, 0.15) is 12.0 Å². The number of aromatic nitrogens is 1. The number of hydrogen-bond acceptors (Lipinski definition) is 5. The Morgan fingerprint density at radius 1 is 1.27 bits per heavy atom. The topological polar surface area (TPSA) is 63.4 Å². The summed E-state index contributed by atoms with van der Waals surface area (Å²) in [6.07, 6.45) is 1.31. The molecular weight excluding hydrogens is 334 g/mol. The largest absolute Gasteiger partial charge is 0.364 e. The van der Waals surface area contributed by atoms with Crippen molar-refractivity contribution in [3.63, 3.8) is 0 Å². The quantitative estimate of drug-likeness (QED) is 0.720. The van der Waals surface area contributed by atoms with Crippen molar-refractivity contribution in [2.24, 2.45) is 0 Å². The predicted molar refractivity (Wildman–Crippen MR) is 78.9 cm³/mol. The molecule has 1 heterocycles. The normalized spacial score (nSPS) is 12.2. The van der Waals surface area contributed by atoms with E-state index in [1.165, 1.54) is 23.7 Å². The first-order valence-electron chi connectivity index (χ1n) is 6.24. The second kappa shape index (κ2) is 7.21. The Morgan fingerprint density at radius 2 is 1.95 bits per heavy atom. The molecule has 0 atom stereocenters. The third-order valence-electron chi connectivity index (χ3n) is 2.85. The van der Waals surface area contributed by atoms with Gasteiger partial charge in [0, 0.05) is 24.6 Å². The Kier molecular flexibility index (Phi) is 5.54. The fraction of sp³-hybridized carbons (Fsp3) is 0.308. The Hall–Kier alpha value is -1.45. The van der Waals surface area contributed by atoms with E-state index in [1.807, 2.05) is 0 Å². The lowest BCUT2D eigenvalue weighted by atomic mass is 10.2. The second-order valence-corrected chi connectivity index (χ2v) is 7.66. The number of rotatable bonds is 7. The molecule has 2 aromatic rings. The van der Waals surface area contributed by atoms with Crippen LogP contribution in [0.15, 0.2) is 46.0 Å². The smallest absolute Gasteiger partial charge is 0.288 e. The molecule has 9 heteroatoms. The van der Waals surface area contributed by atoms with Gasteiger partial charge in [0.15, 0.2) is 0 Å². The highest BCUT2D eigenvalue weighted by Gasteiger charge is 2.20. The van der Waals surface area contributed by atoms with Gasteiger partial charge in [0.25, 0.3) is 5.76 Å². The van der Waals surface area contributed by atoms with Gasteiger partial charge in [-0.15, -0.1) is 0 Å². The third kappa shape index (κ3) is 4.79. The molecule has 2 rings (SSSR count). The van der Waals surface area contributed by atoms with Crippen LogP contribution < -0.4 is 0 Å². The highest BCUT2D eigenvalue weighted by molar-refractivity contribution is 7.99. The van der Waals surface area contributed by atoms with Crippen molar-refractivity contribution in [2.45, 2.75) is 23.0 Å². The van der Waals surface area contributed by atoms with E-state index in [2.05, 4.69) is 9.68 Å². The molecule has 1 aromatic carbocycles. The van der Waals surface area contributed by atoms with Crippen LogP contribution in [0.3, 0.4) is 0 Å². The van der Waals surface area contributed by atoms with E-state index in [4.69, 9.17) is 0 Å². The van der Waals surface area contributed by atoms with E-state index in [1.54, 1.807) is 24.3 Å². The average Bonchev–Trinajstić information content (AvgIpc) is 2.92. The van der Waals surface area contributed by atoms with E-state index in [-0.39, 0.29) is 12.3 Å². The van der Waals surface area contributed by atoms with E-state index < -0.39 is 15.8 Å². The van der Waals surface area contributed by atoms with Crippen LogP contribution in [0.4, 0.5) is 8.78 Å². The fourth-order valence-corrected chi connectivity index (χ4v) is 3.33. The van der Waals surface area contributed by atoms with Crippen molar-refractivity contribution in [3.8, 4) is 0 Å². The van der Waals surface area contributed by atoms with Gasteiger partial charge in [-0.25, -0.2) is 12.7 Å². The lowest BCUT2D eigenvalue weighted by Gasteiger charge is -2.16. The maximum atomic E-state index is 12.2. The summed E-state index contributed by atoms with van der Waals surface area (Å²) in [6, 6.07) is 7.84. The van der Waals surface area contributed by atoms with Crippen molar-refractivity contribution in [1.29, 1.82) is 0 Å². The predicted octanol–water partition coefficient (Wildman–Crippen LogP) is 2.95. The SMILES string of the molecule is CN(Cc1ccc(SC(F)F)cc1)S(=O)(=O)Cc1ccon1.